The third kappa shape index (κ3) is 2.95. The van der Waals surface area contributed by atoms with E-state index in [-0.39, 0.29) is 11.9 Å². The minimum atomic E-state index is -2.73. The van der Waals surface area contributed by atoms with Gasteiger partial charge in [0, 0.05) is 18.0 Å². The van der Waals surface area contributed by atoms with Crippen LogP contribution in [0, 0.1) is 6.92 Å². The monoisotopic (exact) mass is 415 g/mol. The van der Waals surface area contributed by atoms with E-state index in [0.717, 1.165) is 22.0 Å². The first-order valence-electron chi connectivity index (χ1n) is 9.48. The van der Waals surface area contributed by atoms with E-state index < -0.39 is 31.1 Å². The van der Waals surface area contributed by atoms with Gasteiger partial charge in [0.1, 0.15) is 30.5 Å². The van der Waals surface area contributed by atoms with E-state index >= 15 is 0 Å². The highest BCUT2D eigenvalue weighted by Gasteiger charge is 2.40. The molecule has 0 aliphatic carbocycles. The molecule has 0 radical (unpaired) electrons. The summed E-state index contributed by atoms with van der Waals surface area (Å²) in [6.07, 6.45) is 1.04. The van der Waals surface area contributed by atoms with Crippen molar-refractivity contribution in [2.75, 3.05) is 0 Å². The number of ether oxygens (including phenoxy) is 1. The summed E-state index contributed by atoms with van der Waals surface area (Å²) in [5.41, 5.74) is 2.49. The van der Waals surface area contributed by atoms with Crippen LogP contribution in [0.4, 0.5) is 8.78 Å². The Bertz CT molecular complexity index is 1220. The van der Waals surface area contributed by atoms with Crippen molar-refractivity contribution >= 4 is 22.1 Å². The second kappa shape index (κ2) is 7.08. The summed E-state index contributed by atoms with van der Waals surface area (Å²) in [5.74, 6) is 0. The highest BCUT2D eigenvalue weighted by Crippen LogP contribution is 2.37. The molecule has 4 aromatic rings. The average Bonchev–Trinajstić information content (AvgIpc) is 3.43. The normalized spacial score (nSPS) is 23.1. The zero-order valence-electron chi connectivity index (χ0n) is 15.9. The largest absolute Gasteiger partial charge is 0.388 e. The Morgan fingerprint density at radius 2 is 2.03 bits per heavy atom. The number of aliphatic hydroxyl groups excluding tert-OH is 2. The molecule has 0 amide bonds. The lowest BCUT2D eigenvalue weighted by Crippen LogP contribution is -2.20. The average molecular weight is 415 g/mol. The Balaban J connectivity index is 1.43. The number of rotatable bonds is 4. The summed E-state index contributed by atoms with van der Waals surface area (Å²) in [5, 5.41) is 22.3. The van der Waals surface area contributed by atoms with Crippen molar-refractivity contribution in [2.24, 2.45) is 0 Å². The summed E-state index contributed by atoms with van der Waals surface area (Å²) < 4.78 is 34.8. The number of nitrogens with zero attached hydrogens (tertiary/aromatic N) is 5. The van der Waals surface area contributed by atoms with E-state index in [1.165, 1.54) is 12.4 Å². The Morgan fingerprint density at radius 3 is 2.83 bits per heavy atom. The number of benzene rings is 1. The first-order chi connectivity index (χ1) is 14.4. The van der Waals surface area contributed by atoms with Gasteiger partial charge >= 0.3 is 6.55 Å². The Kier molecular flexibility index (Phi) is 4.49. The van der Waals surface area contributed by atoms with E-state index in [0.29, 0.717) is 16.7 Å². The topological polar surface area (TPSA) is 98.2 Å². The molecule has 1 aromatic carbocycles. The van der Waals surface area contributed by atoms with Gasteiger partial charge in [-0.25, -0.2) is 15.0 Å². The second-order valence-corrected chi connectivity index (χ2v) is 7.41. The van der Waals surface area contributed by atoms with Crippen LogP contribution in [0.2, 0.25) is 0 Å². The van der Waals surface area contributed by atoms with Gasteiger partial charge in [0.2, 0.25) is 0 Å². The number of hydrogen-bond acceptors (Lipinski definition) is 6. The molecule has 0 spiro atoms. The van der Waals surface area contributed by atoms with Crippen LogP contribution in [0.3, 0.4) is 0 Å². The van der Waals surface area contributed by atoms with Crippen LogP contribution in [-0.2, 0) is 4.74 Å². The fourth-order valence-electron chi connectivity index (χ4n) is 4.03. The maximum atomic E-state index is 13.2. The SMILES string of the molecule is Cc1ncnc2c1ccn2[C@@H]1O[C@H]([C@H](O)c2ccc3ncn(C(F)F)c3c2)C[C@H]1O. The Morgan fingerprint density at radius 1 is 1.20 bits per heavy atom. The molecule has 5 rings (SSSR count). The van der Waals surface area contributed by atoms with Crippen LogP contribution >= 0.6 is 0 Å². The fourth-order valence-corrected chi connectivity index (χ4v) is 4.03. The molecule has 8 nitrogen and oxygen atoms in total. The van der Waals surface area contributed by atoms with Crippen molar-refractivity contribution in [2.45, 2.75) is 44.4 Å². The zero-order valence-corrected chi connectivity index (χ0v) is 15.9. The molecule has 30 heavy (non-hydrogen) atoms. The molecule has 156 valence electrons. The molecular formula is C20H19F2N5O3. The van der Waals surface area contributed by atoms with Gasteiger partial charge in [-0.1, -0.05) is 6.07 Å². The standard InChI is InChI=1S/C20H19F2N5O3/c1-10-12-4-5-26(18(12)24-8-23-10)19-15(28)7-16(30-19)17(29)11-2-3-13-14(6-11)27(9-25-13)20(21)22/h2-6,8-9,15-17,19-20,28-29H,7H2,1H3/t15-,16+,17-,19-/m1/s1. The van der Waals surface area contributed by atoms with Crippen LogP contribution in [0.25, 0.3) is 22.1 Å². The van der Waals surface area contributed by atoms with Gasteiger partial charge in [-0.2, -0.15) is 8.78 Å². The molecule has 1 aliphatic heterocycles. The molecule has 1 fully saturated rings. The van der Waals surface area contributed by atoms with E-state index in [1.807, 2.05) is 13.0 Å². The number of fused-ring (bicyclic) bond motifs is 2. The lowest BCUT2D eigenvalue weighted by atomic mass is 10.0. The summed E-state index contributed by atoms with van der Waals surface area (Å²) in [7, 11) is 0. The molecule has 0 unspecified atom stereocenters. The Hall–Kier alpha value is -2.95. The minimum absolute atomic E-state index is 0.182. The summed E-state index contributed by atoms with van der Waals surface area (Å²) in [4.78, 5) is 12.4. The maximum absolute atomic E-state index is 13.2. The molecule has 0 bridgehead atoms. The number of alkyl halides is 2. The van der Waals surface area contributed by atoms with Crippen molar-refractivity contribution in [1.82, 2.24) is 24.1 Å². The first kappa shape index (κ1) is 19.0. The molecule has 1 saturated heterocycles. The van der Waals surface area contributed by atoms with Crippen molar-refractivity contribution in [3.63, 3.8) is 0 Å². The van der Waals surface area contributed by atoms with Crippen LogP contribution in [-0.4, -0.2) is 46.5 Å². The molecule has 3 aromatic heterocycles. The van der Waals surface area contributed by atoms with Gasteiger partial charge in [-0.05, 0) is 30.7 Å². The van der Waals surface area contributed by atoms with E-state index in [2.05, 4.69) is 15.0 Å². The quantitative estimate of drug-likeness (QED) is 0.532. The molecule has 4 atom stereocenters. The van der Waals surface area contributed by atoms with Crippen LogP contribution in [0.5, 0.6) is 0 Å². The van der Waals surface area contributed by atoms with Crippen molar-refractivity contribution in [1.29, 1.82) is 0 Å². The second-order valence-electron chi connectivity index (χ2n) is 7.41. The minimum Gasteiger partial charge on any atom is -0.388 e. The molecular weight excluding hydrogens is 396 g/mol. The maximum Gasteiger partial charge on any atom is 0.320 e. The summed E-state index contributed by atoms with van der Waals surface area (Å²) in [6.45, 7) is -0.864. The van der Waals surface area contributed by atoms with Crippen molar-refractivity contribution in [3.8, 4) is 0 Å². The highest BCUT2D eigenvalue weighted by molar-refractivity contribution is 5.78. The third-order valence-corrected chi connectivity index (χ3v) is 5.60. The van der Waals surface area contributed by atoms with E-state index in [9.17, 15) is 19.0 Å². The predicted molar refractivity (Wildman–Crippen MR) is 103 cm³/mol. The third-order valence-electron chi connectivity index (χ3n) is 5.60. The van der Waals surface area contributed by atoms with E-state index in [1.54, 1.807) is 22.9 Å². The number of hydrogen-bond donors (Lipinski definition) is 2. The number of aryl methyl sites for hydroxylation is 1. The number of halogens is 2. The van der Waals surface area contributed by atoms with E-state index in [4.69, 9.17) is 4.74 Å². The zero-order chi connectivity index (χ0) is 21.0. The smallest absolute Gasteiger partial charge is 0.320 e. The van der Waals surface area contributed by atoms with Gasteiger partial charge in [0.25, 0.3) is 0 Å². The number of imidazole rings is 1. The van der Waals surface area contributed by atoms with Crippen LogP contribution < -0.4 is 0 Å². The molecule has 0 saturated carbocycles. The number of aliphatic hydroxyl groups is 2. The molecule has 2 N–H and O–H groups in total. The molecule has 10 heteroatoms. The van der Waals surface area contributed by atoms with Crippen molar-refractivity contribution in [3.05, 3.63) is 54.4 Å². The molecule has 1 aliphatic rings. The lowest BCUT2D eigenvalue weighted by molar-refractivity contribution is -0.0749. The Labute approximate surface area is 169 Å². The summed E-state index contributed by atoms with van der Waals surface area (Å²) in [6, 6.07) is 6.53. The van der Waals surface area contributed by atoms with Gasteiger partial charge in [-0.15, -0.1) is 0 Å². The first-order valence-corrected chi connectivity index (χ1v) is 9.48. The van der Waals surface area contributed by atoms with Gasteiger partial charge in [0.05, 0.1) is 22.8 Å². The highest BCUT2D eigenvalue weighted by atomic mass is 19.3. The van der Waals surface area contributed by atoms with Gasteiger partial charge < -0.3 is 19.5 Å². The van der Waals surface area contributed by atoms with Gasteiger partial charge in [0.15, 0.2) is 6.23 Å². The predicted octanol–water partition coefficient (Wildman–Crippen LogP) is 2.87. The molecule has 4 heterocycles. The number of aromatic nitrogens is 5. The van der Waals surface area contributed by atoms with Crippen LogP contribution in [0.15, 0.2) is 43.1 Å². The van der Waals surface area contributed by atoms with Crippen LogP contribution in [0.1, 0.15) is 36.6 Å². The summed E-state index contributed by atoms with van der Waals surface area (Å²) >= 11 is 0. The fraction of sp³-hybridized carbons (Fsp3) is 0.350. The van der Waals surface area contributed by atoms with Crippen molar-refractivity contribution < 1.29 is 23.7 Å². The lowest BCUT2D eigenvalue weighted by Gasteiger charge is -2.21. The van der Waals surface area contributed by atoms with Gasteiger partial charge in [-0.3, -0.25) is 4.57 Å².